The smallest absolute Gasteiger partial charge is 0.303 e. The van der Waals surface area contributed by atoms with E-state index in [0.29, 0.717) is 29.5 Å². The lowest BCUT2D eigenvalue weighted by Crippen LogP contribution is -2.49. The molecule has 0 amide bonds. The number of carboxylic acid groups (broad SMARTS) is 1. The summed E-state index contributed by atoms with van der Waals surface area (Å²) >= 11 is 0. The van der Waals surface area contributed by atoms with E-state index in [0.717, 1.165) is 25.7 Å². The van der Waals surface area contributed by atoms with Crippen molar-refractivity contribution in [2.24, 2.45) is 0 Å². The molecule has 1 N–H and O–H groups in total. The molecule has 190 valence electrons. The lowest BCUT2D eigenvalue weighted by molar-refractivity contribution is -0.137. The van der Waals surface area contributed by atoms with Crippen molar-refractivity contribution in [3.63, 3.8) is 0 Å². The molecule has 0 aliphatic rings. The summed E-state index contributed by atoms with van der Waals surface area (Å²) in [6, 6.07) is 0. The first kappa shape index (κ1) is 31.2. The van der Waals surface area contributed by atoms with Gasteiger partial charge in [0.15, 0.2) is 0 Å². The maximum atomic E-state index is 12.5. The molecule has 0 radical (unpaired) electrons. The molecule has 0 heterocycles. The zero-order valence-electron chi connectivity index (χ0n) is 22.2. The van der Waals surface area contributed by atoms with Gasteiger partial charge in [-0.15, -0.1) is 0 Å². The van der Waals surface area contributed by atoms with Crippen LogP contribution in [-0.2, 0) is 14.0 Å². The molecule has 0 aliphatic heterocycles. The normalized spacial score (nSPS) is 12.2. The minimum atomic E-state index is -2.07. The van der Waals surface area contributed by atoms with Gasteiger partial charge in [-0.25, -0.2) is 0 Å². The van der Waals surface area contributed by atoms with Crippen molar-refractivity contribution >= 4 is 20.3 Å². The van der Waals surface area contributed by atoms with Gasteiger partial charge in [0, 0.05) is 12.8 Å². The molecule has 5 heteroatoms. The van der Waals surface area contributed by atoms with Crippen LogP contribution in [0.25, 0.3) is 0 Å². The monoisotopic (exact) mass is 470 g/mol. The maximum Gasteiger partial charge on any atom is 0.303 e. The molecule has 0 atom stereocenters. The summed E-state index contributed by atoms with van der Waals surface area (Å²) in [5, 5.41) is 8.61. The first-order valence-corrected chi connectivity index (χ1v) is 15.7. The van der Waals surface area contributed by atoms with Gasteiger partial charge in [0.2, 0.25) is 0 Å². The summed E-state index contributed by atoms with van der Waals surface area (Å²) in [5.74, 6) is -0.635. The molecule has 0 aliphatic carbocycles. The van der Waals surface area contributed by atoms with Crippen molar-refractivity contribution < 1.29 is 19.1 Å². The van der Waals surface area contributed by atoms with Gasteiger partial charge in [0.05, 0.1) is 0 Å². The van der Waals surface area contributed by atoms with Crippen molar-refractivity contribution in [1.29, 1.82) is 0 Å². The molecular weight excluding hydrogens is 416 g/mol. The molecule has 0 saturated heterocycles. The fourth-order valence-electron chi connectivity index (χ4n) is 5.27. The highest BCUT2D eigenvalue weighted by atomic mass is 28.4. The number of carboxylic acids is 1. The Morgan fingerprint density at radius 3 is 1.12 bits per heavy atom. The quantitative estimate of drug-likeness (QED) is 0.134. The van der Waals surface area contributed by atoms with E-state index >= 15 is 0 Å². The van der Waals surface area contributed by atoms with Crippen LogP contribution in [0.15, 0.2) is 0 Å². The number of aliphatic carboxylic acids is 1. The highest BCUT2D eigenvalue weighted by molar-refractivity contribution is 6.78. The second-order valence-corrected chi connectivity index (χ2v) is 16.0. The van der Waals surface area contributed by atoms with Crippen molar-refractivity contribution in [1.82, 2.24) is 0 Å². The Kier molecular flexibility index (Phi) is 18.1. The largest absolute Gasteiger partial charge is 0.518 e. The number of carbonyl (C=O) groups excluding carboxylic acids is 1. The van der Waals surface area contributed by atoms with Crippen molar-refractivity contribution in [2.45, 2.75) is 161 Å². The average molecular weight is 471 g/mol. The van der Waals surface area contributed by atoms with Crippen molar-refractivity contribution in [3.8, 4) is 0 Å². The summed E-state index contributed by atoms with van der Waals surface area (Å²) < 4.78 is 6.23. The van der Waals surface area contributed by atoms with Crippen LogP contribution in [0.1, 0.15) is 144 Å². The minimum absolute atomic E-state index is 0.0367. The van der Waals surface area contributed by atoms with Crippen LogP contribution in [0.4, 0.5) is 0 Å². The van der Waals surface area contributed by atoms with Crippen LogP contribution in [0.5, 0.6) is 0 Å². The van der Waals surface area contributed by atoms with Crippen LogP contribution in [-0.4, -0.2) is 25.4 Å². The average Bonchev–Trinajstić information content (AvgIpc) is 2.70. The van der Waals surface area contributed by atoms with E-state index in [9.17, 15) is 9.59 Å². The first-order valence-electron chi connectivity index (χ1n) is 13.6. The zero-order valence-corrected chi connectivity index (χ0v) is 23.2. The minimum Gasteiger partial charge on any atom is -0.518 e. The van der Waals surface area contributed by atoms with E-state index in [-0.39, 0.29) is 5.97 Å². The number of rotatable bonds is 21. The van der Waals surface area contributed by atoms with Gasteiger partial charge in [-0.3, -0.25) is 9.59 Å². The Morgan fingerprint density at radius 1 is 0.562 bits per heavy atom. The van der Waals surface area contributed by atoms with Gasteiger partial charge < -0.3 is 9.53 Å². The third-order valence-corrected chi connectivity index (χ3v) is 13.0. The summed E-state index contributed by atoms with van der Waals surface area (Å²) in [4.78, 5) is 23.0. The van der Waals surface area contributed by atoms with E-state index in [1.165, 1.54) is 64.2 Å². The Labute approximate surface area is 200 Å². The van der Waals surface area contributed by atoms with Crippen molar-refractivity contribution in [3.05, 3.63) is 0 Å². The number of hydrogen-bond donors (Lipinski definition) is 1. The molecular formula is C27H54O4Si. The maximum absolute atomic E-state index is 12.5. The Hall–Kier alpha value is -0.843. The standard InChI is InChI=1S/C27H54O4Si/c1-23(2)32(24(3)4,25(5)6)31-27(30)22-20-18-16-14-12-10-8-7-9-11-13-15-17-19-21-26(28)29/h23-25H,7-22H2,1-6H3,(H,28,29). The third kappa shape index (κ3) is 13.6. The first-order chi connectivity index (χ1) is 15.1. The molecule has 4 nitrogen and oxygen atoms in total. The van der Waals surface area contributed by atoms with Crippen LogP contribution in [0.2, 0.25) is 16.6 Å². The van der Waals surface area contributed by atoms with Crippen molar-refractivity contribution in [2.75, 3.05) is 0 Å². The summed E-state index contributed by atoms with van der Waals surface area (Å²) in [7, 11) is -2.07. The molecule has 32 heavy (non-hydrogen) atoms. The molecule has 0 saturated carbocycles. The van der Waals surface area contributed by atoms with E-state index in [4.69, 9.17) is 9.53 Å². The number of unbranched alkanes of at least 4 members (excludes halogenated alkanes) is 13. The summed E-state index contributed by atoms with van der Waals surface area (Å²) in [6.07, 6.45) is 17.7. The molecule has 0 aromatic carbocycles. The molecule has 0 fully saturated rings. The van der Waals surface area contributed by atoms with Crippen LogP contribution in [0.3, 0.4) is 0 Å². The number of carbonyl (C=O) groups is 2. The third-order valence-electron chi connectivity index (χ3n) is 7.02. The van der Waals surface area contributed by atoms with Crippen LogP contribution >= 0.6 is 0 Å². The molecule has 0 aromatic heterocycles. The van der Waals surface area contributed by atoms with E-state index in [1.54, 1.807) is 0 Å². The van der Waals surface area contributed by atoms with E-state index in [1.807, 2.05) is 0 Å². The Morgan fingerprint density at radius 2 is 0.844 bits per heavy atom. The highest BCUT2D eigenvalue weighted by Crippen LogP contribution is 2.42. The van der Waals surface area contributed by atoms with Gasteiger partial charge in [-0.2, -0.15) is 0 Å². The fourth-order valence-corrected chi connectivity index (χ4v) is 10.5. The topological polar surface area (TPSA) is 63.6 Å². The highest BCUT2D eigenvalue weighted by Gasteiger charge is 2.47. The fraction of sp³-hybridized carbons (Fsp3) is 0.926. The molecule has 0 rings (SSSR count). The summed E-state index contributed by atoms with van der Waals surface area (Å²) in [6.45, 7) is 13.4. The van der Waals surface area contributed by atoms with E-state index in [2.05, 4.69) is 41.5 Å². The van der Waals surface area contributed by atoms with Gasteiger partial charge in [-0.1, -0.05) is 119 Å². The SMILES string of the molecule is CC(C)[Si](OC(=O)CCCCCCCCCCCCCCCCC(=O)O)(C(C)C)C(C)C. The lowest BCUT2D eigenvalue weighted by atomic mass is 10.0. The van der Waals surface area contributed by atoms with Crippen LogP contribution in [0, 0.1) is 0 Å². The van der Waals surface area contributed by atoms with Gasteiger partial charge in [-0.05, 0) is 29.5 Å². The number of hydrogen-bond acceptors (Lipinski definition) is 3. The lowest BCUT2D eigenvalue weighted by Gasteiger charge is -2.41. The predicted molar refractivity (Wildman–Crippen MR) is 139 cm³/mol. The molecule has 0 aromatic rings. The zero-order chi connectivity index (χ0) is 24.4. The molecule has 0 unspecified atom stereocenters. The Balaban J connectivity index is 3.64. The van der Waals surface area contributed by atoms with Gasteiger partial charge in [0.25, 0.3) is 14.3 Å². The van der Waals surface area contributed by atoms with Gasteiger partial charge >= 0.3 is 5.97 Å². The predicted octanol–water partition coefficient (Wildman–Crippen LogP) is 9.03. The Bertz CT molecular complexity index is 466. The second-order valence-electron chi connectivity index (χ2n) is 10.6. The molecule has 0 bridgehead atoms. The summed E-state index contributed by atoms with van der Waals surface area (Å²) in [5.41, 5.74) is 1.36. The van der Waals surface area contributed by atoms with Gasteiger partial charge in [0.1, 0.15) is 0 Å². The second kappa shape index (κ2) is 18.6. The van der Waals surface area contributed by atoms with E-state index < -0.39 is 14.3 Å². The molecule has 0 spiro atoms. The van der Waals surface area contributed by atoms with Crippen LogP contribution < -0.4 is 0 Å².